The Balaban J connectivity index is 2.13. The molecule has 1 aromatic rings. The van der Waals surface area contributed by atoms with Gasteiger partial charge < -0.3 is 30.1 Å². The topological polar surface area (TPSA) is 142 Å². The third kappa shape index (κ3) is 6.93. The van der Waals surface area contributed by atoms with Crippen LogP contribution in [-0.4, -0.2) is 66.1 Å². The van der Waals surface area contributed by atoms with Crippen molar-refractivity contribution in [3.8, 4) is 5.75 Å². The van der Waals surface area contributed by atoms with Crippen molar-refractivity contribution in [1.82, 2.24) is 5.32 Å². The lowest BCUT2D eigenvalue weighted by Crippen LogP contribution is -2.50. The number of hydrogen-bond acceptors (Lipinski definition) is 6. The van der Waals surface area contributed by atoms with Gasteiger partial charge in [-0.15, -0.1) is 0 Å². The lowest BCUT2D eigenvalue weighted by molar-refractivity contribution is -0.149. The minimum atomic E-state index is -1.17. The number of amides is 1. The number of rotatable bonds is 13. The summed E-state index contributed by atoms with van der Waals surface area (Å²) >= 11 is 0. The Morgan fingerprint density at radius 3 is 2.38 bits per heavy atom. The number of aliphatic carboxylic acids is 2. The molecule has 178 valence electrons. The van der Waals surface area contributed by atoms with Gasteiger partial charge in [0.25, 0.3) is 0 Å². The average Bonchev–Trinajstić information content (AvgIpc) is 3.21. The highest BCUT2D eigenvalue weighted by molar-refractivity contribution is 5.88. The van der Waals surface area contributed by atoms with Crippen molar-refractivity contribution in [3.05, 3.63) is 29.3 Å². The molecule has 1 saturated carbocycles. The van der Waals surface area contributed by atoms with E-state index in [1.54, 1.807) is 13.0 Å². The molecule has 0 bridgehead atoms. The first-order valence-electron chi connectivity index (χ1n) is 10.8. The number of hydrogen-bond donors (Lipinski definition) is 4. The predicted octanol–water partition coefficient (Wildman–Crippen LogP) is 2.13. The van der Waals surface area contributed by atoms with Crippen molar-refractivity contribution in [2.45, 2.75) is 51.5 Å². The summed E-state index contributed by atoms with van der Waals surface area (Å²) in [6.45, 7) is 2.32. The van der Waals surface area contributed by atoms with Gasteiger partial charge in [0.2, 0.25) is 5.91 Å². The Labute approximate surface area is 187 Å². The molecule has 2 rings (SSSR count). The SMILES string of the molecule is COCCOCC(CC1(C(=O)N[C@@H](Cc2ccc(O)cc2C)C(=O)O)CCCC1)C(=O)O. The fourth-order valence-corrected chi connectivity index (χ4v) is 4.27. The van der Waals surface area contributed by atoms with E-state index in [-0.39, 0.29) is 31.8 Å². The second-order valence-corrected chi connectivity index (χ2v) is 8.47. The van der Waals surface area contributed by atoms with Crippen molar-refractivity contribution in [1.29, 1.82) is 0 Å². The Morgan fingerprint density at radius 1 is 1.12 bits per heavy atom. The van der Waals surface area contributed by atoms with Gasteiger partial charge in [0.05, 0.1) is 31.2 Å². The molecule has 9 nitrogen and oxygen atoms in total. The number of carboxylic acids is 2. The van der Waals surface area contributed by atoms with E-state index in [2.05, 4.69) is 5.32 Å². The van der Waals surface area contributed by atoms with Gasteiger partial charge >= 0.3 is 11.9 Å². The monoisotopic (exact) mass is 451 g/mol. The molecule has 1 amide bonds. The second kappa shape index (κ2) is 11.8. The highest BCUT2D eigenvalue weighted by Gasteiger charge is 2.45. The molecule has 1 fully saturated rings. The third-order valence-electron chi connectivity index (χ3n) is 6.13. The molecule has 1 aliphatic rings. The number of phenolic OH excluding ortho intramolecular Hbond substituents is 1. The van der Waals surface area contributed by atoms with Crippen molar-refractivity contribution < 1.29 is 39.2 Å². The van der Waals surface area contributed by atoms with Crippen LogP contribution in [0.2, 0.25) is 0 Å². The van der Waals surface area contributed by atoms with Crippen LogP contribution in [0, 0.1) is 18.3 Å². The zero-order valence-corrected chi connectivity index (χ0v) is 18.6. The first kappa shape index (κ1) is 25.6. The van der Waals surface area contributed by atoms with Crippen molar-refractivity contribution >= 4 is 17.8 Å². The molecule has 9 heteroatoms. The smallest absolute Gasteiger partial charge is 0.326 e. The number of ether oxygens (including phenoxy) is 2. The molecule has 0 heterocycles. The summed E-state index contributed by atoms with van der Waals surface area (Å²) in [4.78, 5) is 37.0. The van der Waals surface area contributed by atoms with Gasteiger partial charge in [0.1, 0.15) is 11.8 Å². The minimum absolute atomic E-state index is 0.0389. The largest absolute Gasteiger partial charge is 0.508 e. The molecule has 1 unspecified atom stereocenters. The van der Waals surface area contributed by atoms with Crippen molar-refractivity contribution in [2.24, 2.45) is 11.3 Å². The summed E-state index contributed by atoms with van der Waals surface area (Å²) in [5, 5.41) is 31.6. The van der Waals surface area contributed by atoms with Gasteiger partial charge in [-0.05, 0) is 49.4 Å². The number of phenols is 1. The summed E-state index contributed by atoms with van der Waals surface area (Å²) in [5.41, 5.74) is 0.483. The fourth-order valence-electron chi connectivity index (χ4n) is 4.27. The highest BCUT2D eigenvalue weighted by atomic mass is 16.5. The maximum absolute atomic E-state index is 13.3. The Kier molecular flexibility index (Phi) is 9.46. The molecule has 0 radical (unpaired) electrons. The summed E-state index contributed by atoms with van der Waals surface area (Å²) in [5.74, 6) is -3.44. The number of benzene rings is 1. The summed E-state index contributed by atoms with van der Waals surface area (Å²) < 4.78 is 10.3. The number of aryl methyl sites for hydroxylation is 1. The summed E-state index contributed by atoms with van der Waals surface area (Å²) in [6, 6.07) is 3.48. The van der Waals surface area contributed by atoms with E-state index in [0.29, 0.717) is 25.0 Å². The van der Waals surface area contributed by atoms with Crippen LogP contribution >= 0.6 is 0 Å². The van der Waals surface area contributed by atoms with Crippen LogP contribution in [0.25, 0.3) is 0 Å². The highest BCUT2D eigenvalue weighted by Crippen LogP contribution is 2.43. The predicted molar refractivity (Wildman–Crippen MR) is 115 cm³/mol. The van der Waals surface area contributed by atoms with E-state index in [4.69, 9.17) is 9.47 Å². The number of carboxylic acid groups (broad SMARTS) is 2. The van der Waals surface area contributed by atoms with E-state index in [1.807, 2.05) is 0 Å². The zero-order valence-electron chi connectivity index (χ0n) is 18.6. The lowest BCUT2D eigenvalue weighted by Gasteiger charge is -2.32. The zero-order chi connectivity index (χ0) is 23.7. The maximum atomic E-state index is 13.3. The van der Waals surface area contributed by atoms with Gasteiger partial charge in [-0.2, -0.15) is 0 Å². The summed E-state index contributed by atoms with van der Waals surface area (Å²) in [7, 11) is 1.52. The normalized spacial score (nSPS) is 16.9. The van der Waals surface area contributed by atoms with Crippen LogP contribution in [0.3, 0.4) is 0 Å². The first-order valence-corrected chi connectivity index (χ1v) is 10.8. The molecule has 1 aromatic carbocycles. The van der Waals surface area contributed by atoms with Crippen molar-refractivity contribution in [2.75, 3.05) is 26.9 Å². The molecule has 0 spiro atoms. The second-order valence-electron chi connectivity index (χ2n) is 8.47. The molecule has 4 N–H and O–H groups in total. The Hall–Kier alpha value is -2.65. The van der Waals surface area contributed by atoms with Gasteiger partial charge in [-0.3, -0.25) is 9.59 Å². The van der Waals surface area contributed by atoms with Gasteiger partial charge in [-0.1, -0.05) is 18.9 Å². The van der Waals surface area contributed by atoms with Gasteiger partial charge in [-0.25, -0.2) is 4.79 Å². The molecule has 32 heavy (non-hydrogen) atoms. The maximum Gasteiger partial charge on any atom is 0.326 e. The van der Waals surface area contributed by atoms with Crippen LogP contribution in [0.1, 0.15) is 43.2 Å². The molecule has 2 atom stereocenters. The number of carbonyl (C=O) groups is 3. The molecule has 0 aliphatic heterocycles. The Bertz CT molecular complexity index is 803. The van der Waals surface area contributed by atoms with E-state index < -0.39 is 35.2 Å². The molecule has 0 saturated heterocycles. The number of nitrogens with one attached hydrogen (secondary N) is 1. The molecular formula is C23H33NO8. The van der Waals surface area contributed by atoms with Crippen LogP contribution < -0.4 is 5.32 Å². The number of methoxy groups -OCH3 is 1. The number of aromatic hydroxyl groups is 1. The van der Waals surface area contributed by atoms with E-state index >= 15 is 0 Å². The third-order valence-corrected chi connectivity index (χ3v) is 6.13. The van der Waals surface area contributed by atoms with Gasteiger partial charge in [0, 0.05) is 13.5 Å². The van der Waals surface area contributed by atoms with Crippen LogP contribution in [-0.2, 0) is 30.3 Å². The van der Waals surface area contributed by atoms with E-state index in [0.717, 1.165) is 18.4 Å². The van der Waals surface area contributed by atoms with Crippen molar-refractivity contribution in [3.63, 3.8) is 0 Å². The fraction of sp³-hybridized carbons (Fsp3) is 0.609. The minimum Gasteiger partial charge on any atom is -0.508 e. The first-order chi connectivity index (χ1) is 15.2. The molecule has 0 aromatic heterocycles. The summed E-state index contributed by atoms with van der Waals surface area (Å²) in [6.07, 6.45) is 2.71. The standard InChI is InChI=1S/C23H33NO8/c1-15-11-18(25)6-5-16(15)12-19(21(28)29)24-22(30)23(7-3-4-8-23)13-17(20(26)27)14-32-10-9-31-2/h5-6,11,17,19,25H,3-4,7-10,12-14H2,1-2H3,(H,24,30)(H,26,27)(H,28,29)/t17?,19-/m0/s1. The number of carbonyl (C=O) groups excluding carboxylic acids is 1. The molecular weight excluding hydrogens is 418 g/mol. The van der Waals surface area contributed by atoms with Crippen LogP contribution in [0.15, 0.2) is 18.2 Å². The Morgan fingerprint density at radius 2 is 1.81 bits per heavy atom. The van der Waals surface area contributed by atoms with E-state index in [9.17, 15) is 29.7 Å². The average molecular weight is 452 g/mol. The lowest BCUT2D eigenvalue weighted by atomic mass is 9.76. The van der Waals surface area contributed by atoms with Gasteiger partial charge in [0.15, 0.2) is 0 Å². The van der Waals surface area contributed by atoms with Crippen LogP contribution in [0.5, 0.6) is 5.75 Å². The van der Waals surface area contributed by atoms with Crippen LogP contribution in [0.4, 0.5) is 0 Å². The van der Waals surface area contributed by atoms with E-state index in [1.165, 1.54) is 19.2 Å². The molecule has 1 aliphatic carbocycles. The quantitative estimate of drug-likeness (QED) is 0.334.